The molecule has 0 radical (unpaired) electrons. The summed E-state index contributed by atoms with van der Waals surface area (Å²) in [6, 6.07) is 14.5. The zero-order chi connectivity index (χ0) is 19.3. The Balaban J connectivity index is 1.74. The van der Waals surface area contributed by atoms with E-state index in [0.717, 1.165) is 23.5 Å². The summed E-state index contributed by atoms with van der Waals surface area (Å²) < 4.78 is 10.8. The van der Waals surface area contributed by atoms with Gasteiger partial charge in [-0.3, -0.25) is 4.79 Å². The van der Waals surface area contributed by atoms with E-state index in [4.69, 9.17) is 9.47 Å². The highest BCUT2D eigenvalue weighted by molar-refractivity contribution is 5.95. The number of carbonyl (C=O) groups is 1. The molecule has 0 spiro atoms. The van der Waals surface area contributed by atoms with Gasteiger partial charge in [0.2, 0.25) is 0 Å². The number of carbonyl (C=O) groups excluding carboxylic acids is 1. The van der Waals surface area contributed by atoms with E-state index in [1.54, 1.807) is 25.5 Å². The topological polar surface area (TPSA) is 59.9 Å². The minimum atomic E-state index is -0.258. The maximum atomic E-state index is 12.1. The number of nitrogens with zero attached hydrogens (tertiary/aromatic N) is 1. The van der Waals surface area contributed by atoms with E-state index >= 15 is 0 Å². The van der Waals surface area contributed by atoms with Crippen molar-refractivity contribution >= 4 is 12.1 Å². The van der Waals surface area contributed by atoms with Crippen LogP contribution in [0.3, 0.4) is 0 Å². The molecule has 0 saturated heterocycles. The summed E-state index contributed by atoms with van der Waals surface area (Å²) in [5.41, 5.74) is 3.94. The minimum Gasteiger partial charge on any atom is -0.497 e. The Hall–Kier alpha value is -2.82. The van der Waals surface area contributed by atoms with Crippen molar-refractivity contribution in [3.8, 4) is 11.5 Å². The van der Waals surface area contributed by atoms with E-state index in [2.05, 4.69) is 17.5 Å². The van der Waals surface area contributed by atoms with Crippen LogP contribution in [-0.4, -0.2) is 25.8 Å². The minimum absolute atomic E-state index is 0.258. The lowest BCUT2D eigenvalue weighted by molar-refractivity contribution is 0.0955. The second-order valence-electron chi connectivity index (χ2n) is 6.26. The number of nitrogens with one attached hydrogen (secondary N) is 1. The molecule has 0 unspecified atom stereocenters. The highest BCUT2D eigenvalue weighted by atomic mass is 16.5. The molecule has 0 aliphatic carbocycles. The Morgan fingerprint density at radius 1 is 0.963 bits per heavy atom. The lowest BCUT2D eigenvalue weighted by Gasteiger charge is -2.07. The highest BCUT2D eigenvalue weighted by Crippen LogP contribution is 2.13. The first-order valence-corrected chi connectivity index (χ1v) is 9.43. The average Bonchev–Trinajstić information content (AvgIpc) is 2.71. The summed E-state index contributed by atoms with van der Waals surface area (Å²) in [4.78, 5) is 12.1. The fraction of sp³-hybridized carbons (Fsp3) is 0.364. The van der Waals surface area contributed by atoms with Crippen molar-refractivity contribution in [2.75, 3.05) is 13.7 Å². The Kier molecular flexibility index (Phi) is 8.90. The van der Waals surface area contributed by atoms with Gasteiger partial charge in [0.25, 0.3) is 5.91 Å². The third kappa shape index (κ3) is 7.52. The Morgan fingerprint density at radius 2 is 1.63 bits per heavy atom. The molecule has 2 aromatic rings. The van der Waals surface area contributed by atoms with Crippen LogP contribution in [0.15, 0.2) is 53.6 Å². The molecule has 0 heterocycles. The summed E-state index contributed by atoms with van der Waals surface area (Å²) in [5, 5.41) is 3.98. The number of benzene rings is 2. The molecule has 5 heteroatoms. The monoisotopic (exact) mass is 368 g/mol. The maximum Gasteiger partial charge on any atom is 0.271 e. The molecule has 144 valence electrons. The molecule has 0 aromatic heterocycles. The van der Waals surface area contributed by atoms with Gasteiger partial charge in [0.15, 0.2) is 0 Å². The van der Waals surface area contributed by atoms with E-state index in [0.29, 0.717) is 12.2 Å². The highest BCUT2D eigenvalue weighted by Gasteiger charge is 2.04. The lowest BCUT2D eigenvalue weighted by atomic mass is 10.2. The lowest BCUT2D eigenvalue weighted by Crippen LogP contribution is -2.17. The van der Waals surface area contributed by atoms with Gasteiger partial charge in [0, 0.05) is 5.56 Å². The van der Waals surface area contributed by atoms with Crippen LogP contribution in [-0.2, 0) is 0 Å². The molecule has 0 aliphatic heterocycles. The van der Waals surface area contributed by atoms with Crippen molar-refractivity contribution in [2.45, 2.75) is 39.0 Å². The van der Waals surface area contributed by atoms with Crippen molar-refractivity contribution in [3.63, 3.8) is 0 Å². The van der Waals surface area contributed by atoms with Gasteiger partial charge < -0.3 is 9.47 Å². The molecule has 0 atom stereocenters. The second-order valence-corrected chi connectivity index (χ2v) is 6.26. The molecule has 0 aliphatic rings. The van der Waals surface area contributed by atoms with Gasteiger partial charge in [-0.25, -0.2) is 5.43 Å². The van der Waals surface area contributed by atoms with Gasteiger partial charge in [0.05, 0.1) is 19.9 Å². The van der Waals surface area contributed by atoms with E-state index in [-0.39, 0.29) is 5.91 Å². The van der Waals surface area contributed by atoms with Crippen LogP contribution in [0.1, 0.15) is 54.9 Å². The zero-order valence-corrected chi connectivity index (χ0v) is 16.1. The number of hydrogen-bond donors (Lipinski definition) is 1. The SMILES string of the molecule is CCCCCCCOc1ccc(C(=O)N/N=C/c2ccc(OC)cc2)cc1. The largest absolute Gasteiger partial charge is 0.497 e. The van der Waals surface area contributed by atoms with Crippen LogP contribution in [0.25, 0.3) is 0 Å². The van der Waals surface area contributed by atoms with Gasteiger partial charge in [-0.05, 0) is 60.5 Å². The summed E-state index contributed by atoms with van der Waals surface area (Å²) >= 11 is 0. The first-order chi connectivity index (χ1) is 13.2. The van der Waals surface area contributed by atoms with Crippen LogP contribution in [0.4, 0.5) is 0 Å². The molecule has 2 rings (SSSR count). The summed E-state index contributed by atoms with van der Waals surface area (Å²) in [5.74, 6) is 1.30. The number of hydrazone groups is 1. The predicted octanol–water partition coefficient (Wildman–Crippen LogP) is 4.81. The zero-order valence-electron chi connectivity index (χ0n) is 16.1. The number of amides is 1. The molecule has 0 fully saturated rings. The molecular weight excluding hydrogens is 340 g/mol. The van der Waals surface area contributed by atoms with Crippen molar-refractivity contribution in [2.24, 2.45) is 5.10 Å². The molecule has 1 amide bonds. The van der Waals surface area contributed by atoms with Crippen molar-refractivity contribution in [1.82, 2.24) is 5.43 Å². The Morgan fingerprint density at radius 3 is 2.30 bits per heavy atom. The summed E-state index contributed by atoms with van der Waals surface area (Å²) in [6.45, 7) is 2.92. The normalized spacial score (nSPS) is 10.7. The molecule has 27 heavy (non-hydrogen) atoms. The quantitative estimate of drug-likeness (QED) is 0.352. The number of rotatable bonds is 11. The predicted molar refractivity (Wildman–Crippen MR) is 109 cm³/mol. The van der Waals surface area contributed by atoms with Crippen molar-refractivity contribution in [1.29, 1.82) is 0 Å². The fourth-order valence-corrected chi connectivity index (χ4v) is 2.52. The first-order valence-electron chi connectivity index (χ1n) is 9.43. The molecule has 0 saturated carbocycles. The Labute approximate surface area is 161 Å². The molecule has 1 N–H and O–H groups in total. The van der Waals surface area contributed by atoms with Crippen LogP contribution in [0, 0.1) is 0 Å². The molecule has 5 nitrogen and oxygen atoms in total. The third-order valence-corrected chi connectivity index (χ3v) is 4.13. The molecule has 2 aromatic carbocycles. The summed E-state index contributed by atoms with van der Waals surface area (Å²) in [7, 11) is 1.62. The molecular formula is C22H28N2O3. The van der Waals surface area contributed by atoms with E-state index < -0.39 is 0 Å². The fourth-order valence-electron chi connectivity index (χ4n) is 2.52. The standard InChI is InChI=1S/C22H28N2O3/c1-3-4-5-6-7-16-27-21-14-10-19(11-15-21)22(25)24-23-17-18-8-12-20(26-2)13-9-18/h8-15,17H,3-7,16H2,1-2H3,(H,24,25)/b23-17+. The van der Waals surface area contributed by atoms with Crippen LogP contribution >= 0.6 is 0 Å². The summed E-state index contributed by atoms with van der Waals surface area (Å²) in [6.07, 6.45) is 7.63. The maximum absolute atomic E-state index is 12.1. The smallest absolute Gasteiger partial charge is 0.271 e. The van der Waals surface area contributed by atoms with Crippen molar-refractivity contribution in [3.05, 3.63) is 59.7 Å². The van der Waals surface area contributed by atoms with Gasteiger partial charge in [-0.1, -0.05) is 32.6 Å². The van der Waals surface area contributed by atoms with Gasteiger partial charge in [0.1, 0.15) is 11.5 Å². The van der Waals surface area contributed by atoms with E-state index in [9.17, 15) is 4.79 Å². The van der Waals surface area contributed by atoms with Crippen LogP contribution in [0.2, 0.25) is 0 Å². The van der Waals surface area contributed by atoms with Gasteiger partial charge >= 0.3 is 0 Å². The number of hydrogen-bond acceptors (Lipinski definition) is 4. The van der Waals surface area contributed by atoms with E-state index in [1.807, 2.05) is 36.4 Å². The van der Waals surface area contributed by atoms with Crippen LogP contribution < -0.4 is 14.9 Å². The second kappa shape index (κ2) is 11.7. The molecule has 0 bridgehead atoms. The average molecular weight is 368 g/mol. The number of unbranched alkanes of at least 4 members (excludes halogenated alkanes) is 4. The van der Waals surface area contributed by atoms with Crippen LogP contribution in [0.5, 0.6) is 11.5 Å². The number of ether oxygens (including phenoxy) is 2. The number of methoxy groups -OCH3 is 1. The third-order valence-electron chi connectivity index (χ3n) is 4.13. The van der Waals surface area contributed by atoms with Crippen molar-refractivity contribution < 1.29 is 14.3 Å². The Bertz CT molecular complexity index is 709. The van der Waals surface area contributed by atoms with Gasteiger partial charge in [-0.15, -0.1) is 0 Å². The first kappa shape index (κ1) is 20.5. The van der Waals surface area contributed by atoms with Gasteiger partial charge in [-0.2, -0.15) is 5.10 Å². The van der Waals surface area contributed by atoms with E-state index in [1.165, 1.54) is 25.7 Å².